The molecule has 1 unspecified atom stereocenters. The average Bonchev–Trinajstić information content (AvgIpc) is 1.58. The monoisotopic (exact) mass is 1770 g/mol. The van der Waals surface area contributed by atoms with E-state index in [1.54, 1.807) is 0 Å². The van der Waals surface area contributed by atoms with Crippen LogP contribution in [0.1, 0.15) is 237 Å². The zero-order valence-electron chi connectivity index (χ0n) is 69.3. The van der Waals surface area contributed by atoms with Crippen LogP contribution in [-0.2, 0) is 81.1 Å². The third-order valence-corrected chi connectivity index (χ3v) is 26.3. The van der Waals surface area contributed by atoms with E-state index in [0.29, 0.717) is 25.8 Å². The average molecular weight is 1770 g/mol. The van der Waals surface area contributed by atoms with Gasteiger partial charge in [0.05, 0.1) is 93.8 Å². The Labute approximate surface area is 729 Å². The van der Waals surface area contributed by atoms with E-state index >= 15 is 19.2 Å². The number of esters is 12. The molecule has 4 aliphatic carbocycles. The maximum absolute atomic E-state index is 15.1. The highest BCUT2D eigenvalue weighted by Crippen LogP contribution is 2.69. The van der Waals surface area contributed by atoms with Crippen molar-refractivity contribution in [3.63, 3.8) is 0 Å². The molecule has 5 aromatic rings. The Kier molecular flexibility index (Phi) is 34.9. The van der Waals surface area contributed by atoms with Crippen LogP contribution in [0.5, 0.6) is 34.5 Å². The van der Waals surface area contributed by atoms with Gasteiger partial charge in [0, 0.05) is 13.5 Å². The van der Waals surface area contributed by atoms with Crippen molar-refractivity contribution in [1.82, 2.24) is 5.48 Å². The maximum atomic E-state index is 15.1. The van der Waals surface area contributed by atoms with Gasteiger partial charge in [-0.05, 0) is 232 Å². The van der Waals surface area contributed by atoms with E-state index in [1.807, 2.05) is 27.7 Å². The molecule has 2 aliphatic heterocycles. The Morgan fingerprint density at radius 1 is 0.358 bits per heavy atom. The molecule has 123 heavy (non-hydrogen) atoms. The summed E-state index contributed by atoms with van der Waals surface area (Å²) in [4.78, 5) is 184. The van der Waals surface area contributed by atoms with E-state index in [0.717, 1.165) is 86.1 Å². The highest BCUT2D eigenvalue weighted by molar-refractivity contribution is 8.26. The van der Waals surface area contributed by atoms with Crippen molar-refractivity contribution in [3.8, 4) is 34.5 Å². The number of rotatable bonds is 36. The van der Waals surface area contributed by atoms with Crippen LogP contribution in [0.3, 0.4) is 0 Å². The fourth-order valence-electron chi connectivity index (χ4n) is 14.2. The molecule has 0 spiro atoms. The van der Waals surface area contributed by atoms with Crippen molar-refractivity contribution in [3.05, 3.63) is 139 Å². The number of fused-ring (bicyclic) bond motifs is 2. The molecular weight excluding hydrogens is 1670 g/mol. The summed E-state index contributed by atoms with van der Waals surface area (Å²) in [6.45, 7) is 11.7. The third-order valence-electron chi connectivity index (χ3n) is 21.1. The van der Waals surface area contributed by atoms with Crippen LogP contribution in [0, 0.1) is 23.7 Å². The molecule has 0 saturated heterocycles. The first-order chi connectivity index (χ1) is 59.4. The SMILES string of the molecule is CCCCNOC(=O)c1ccc(OC(=O)C2CCC(OC(=O)/C(C(=O)OC3CCC(C(=O)Oc4ccc(C(=O)OCCCC)cc4)CC3)=C3\Sc4c(OC(C)=O)c5c(c(OC(C)O)c4S3)SC(=C(C(=O)OC3CCC(C(=O)Oc4ccc(C(=O)OCCCC)cc4)CC3)C(=O)OC3CCC(C(=O)Oc4ccc(C(=O)OCCCC)cc4)CC3)S5)CC2)cc1. The Bertz CT molecular complexity index is 4370. The molecule has 0 radical (unpaired) electrons. The van der Waals surface area contributed by atoms with Crippen molar-refractivity contribution < 1.29 is 134 Å². The molecule has 2 N–H and O–H groups in total. The van der Waals surface area contributed by atoms with Crippen molar-refractivity contribution in [2.45, 2.75) is 246 Å². The van der Waals surface area contributed by atoms with Gasteiger partial charge in [0.25, 0.3) is 0 Å². The fraction of sp³-hybridized carbons (Fsp3) is 0.478. The summed E-state index contributed by atoms with van der Waals surface area (Å²) in [6, 6.07) is 23.8. The highest BCUT2D eigenvalue weighted by atomic mass is 32.2. The number of aliphatic hydroxyl groups excluding tert-OH is 1. The minimum Gasteiger partial charge on any atom is -0.463 e. The number of nitrogens with one attached hydrogen (secondary N) is 1. The molecule has 11 rings (SSSR count). The lowest BCUT2D eigenvalue weighted by molar-refractivity contribution is -0.157. The summed E-state index contributed by atoms with van der Waals surface area (Å²) in [5.74, 6) is -11.6. The van der Waals surface area contributed by atoms with Gasteiger partial charge < -0.3 is 71.5 Å². The number of hydrogen-bond acceptors (Lipinski definition) is 33. The van der Waals surface area contributed by atoms with Crippen molar-refractivity contribution in [2.24, 2.45) is 23.7 Å². The van der Waals surface area contributed by atoms with Crippen molar-refractivity contribution in [1.29, 1.82) is 0 Å². The number of thioether (sulfide) groups is 4. The number of aliphatic hydroxyl groups is 1. The van der Waals surface area contributed by atoms with Gasteiger partial charge in [0.1, 0.15) is 47.4 Å². The summed E-state index contributed by atoms with van der Waals surface area (Å²) in [5.41, 5.74) is 2.57. The zero-order chi connectivity index (χ0) is 87.6. The van der Waals surface area contributed by atoms with Crippen LogP contribution in [0.25, 0.3) is 0 Å². The summed E-state index contributed by atoms with van der Waals surface area (Å²) in [5, 5.41) is 11.2. The Morgan fingerprint density at radius 3 is 0.870 bits per heavy atom. The molecule has 0 amide bonds. The lowest BCUT2D eigenvalue weighted by atomic mass is 9.87. The molecule has 1 atom stereocenters. The molecule has 6 aliphatic rings. The Hall–Kier alpha value is -10.2. The van der Waals surface area contributed by atoms with Gasteiger partial charge in [0.15, 0.2) is 28.9 Å². The van der Waals surface area contributed by atoms with E-state index in [1.165, 1.54) is 104 Å². The summed E-state index contributed by atoms with van der Waals surface area (Å²) in [6.07, 6.45) is 4.41. The minimum absolute atomic E-state index is 0.0360. The summed E-state index contributed by atoms with van der Waals surface area (Å²) < 4.78 is 75.8. The predicted molar refractivity (Wildman–Crippen MR) is 447 cm³/mol. The fourth-order valence-corrected chi connectivity index (χ4v) is 19.6. The number of carbonyl (C=O) groups excluding carboxylic acids is 13. The minimum atomic E-state index is -1.59. The van der Waals surface area contributed by atoms with E-state index in [9.17, 15) is 48.3 Å². The molecule has 4 saturated carbocycles. The number of ether oxygens (including phenoxy) is 13. The molecule has 0 aromatic heterocycles. The van der Waals surface area contributed by atoms with Crippen LogP contribution in [0.2, 0.25) is 0 Å². The number of unbranched alkanes of at least 4 members (excludes halogenated alkanes) is 4. The van der Waals surface area contributed by atoms with Gasteiger partial charge in [0.2, 0.25) is 0 Å². The second kappa shape index (κ2) is 46.0. The number of hydrogen-bond donors (Lipinski definition) is 2. The number of benzene rings is 5. The van der Waals surface area contributed by atoms with Crippen molar-refractivity contribution in [2.75, 3.05) is 26.4 Å². The van der Waals surface area contributed by atoms with E-state index in [4.69, 9.17) is 66.4 Å². The predicted octanol–water partition coefficient (Wildman–Crippen LogP) is 16.3. The van der Waals surface area contributed by atoms with E-state index < -0.39 is 143 Å². The van der Waals surface area contributed by atoms with E-state index in [2.05, 4.69) is 5.48 Å². The van der Waals surface area contributed by atoms with Crippen LogP contribution < -0.4 is 33.9 Å². The summed E-state index contributed by atoms with van der Waals surface area (Å²) in [7, 11) is 0. The van der Waals surface area contributed by atoms with Gasteiger partial charge >= 0.3 is 77.6 Å². The second-order valence-electron chi connectivity index (χ2n) is 30.4. The molecule has 0 bridgehead atoms. The molecule has 2 heterocycles. The van der Waals surface area contributed by atoms with Gasteiger partial charge in [-0.1, -0.05) is 100 Å². The normalized spacial score (nSPS) is 20.2. The first-order valence-corrected chi connectivity index (χ1v) is 45.2. The first-order valence-electron chi connectivity index (χ1n) is 41.9. The lowest BCUT2D eigenvalue weighted by Gasteiger charge is -2.28. The van der Waals surface area contributed by atoms with Gasteiger partial charge in [-0.25, -0.2) is 38.4 Å². The van der Waals surface area contributed by atoms with E-state index in [-0.39, 0.29) is 207 Å². The molecule has 4 fully saturated rings. The van der Waals surface area contributed by atoms with Crippen LogP contribution in [0.15, 0.2) is 136 Å². The topological polar surface area (TPSA) is 383 Å². The van der Waals surface area contributed by atoms with Gasteiger partial charge in [-0.3, -0.25) is 24.0 Å². The third kappa shape index (κ3) is 26.2. The smallest absolute Gasteiger partial charge is 0.356 e. The standard InChI is InChI=1S/C90H101NO28S4/c1-7-11-47-91-119-84(101)60-29-45-64(46-30-60)114-83(100)59-27-43-68(44-28-59)118-88(105)70(87(104)117-67-41-25-58(26-42-67)82(99)113-63-35-19-55(20-36-63)79(96)108-50-14-10-4)90-122-75-71(109-51(5)92)73-74(72(76(75)123-90)110-52(6)93)121-89(120-73)69(85(102)115-65-37-21-56(22-38-65)80(97)111-61-31-15-53(16-32-61)77(94)106-48-12-8-2)86(103)116-66-39-23-57(24-40-66)81(98)112-62-33-17-54(18-34-62)78(95)107-49-13-9-3/h15-20,29-36,45-46,51,56-59,65-68,91-92H,7-14,21-28,37-44,47-50H2,1-6H3/b89-69?,90-70-. The Morgan fingerprint density at radius 2 is 0.618 bits per heavy atom. The second-order valence-corrected chi connectivity index (χ2v) is 35.0. The molecular formula is C90H101NO28S4. The number of carbonyl (C=O) groups is 13. The van der Waals surface area contributed by atoms with Crippen LogP contribution in [-0.4, -0.2) is 140 Å². The maximum Gasteiger partial charge on any atom is 0.356 e. The Balaban J connectivity index is 0.838. The molecule has 658 valence electrons. The van der Waals surface area contributed by atoms with Crippen molar-refractivity contribution >= 4 is 125 Å². The van der Waals surface area contributed by atoms with Gasteiger partial charge in [-0.2, -0.15) is 5.48 Å². The molecule has 5 aromatic carbocycles. The zero-order valence-corrected chi connectivity index (χ0v) is 72.6. The van der Waals surface area contributed by atoms with Crippen LogP contribution in [0.4, 0.5) is 0 Å². The summed E-state index contributed by atoms with van der Waals surface area (Å²) >= 11 is 3.27. The van der Waals surface area contributed by atoms with Crippen LogP contribution >= 0.6 is 47.0 Å². The highest BCUT2D eigenvalue weighted by Gasteiger charge is 2.46. The molecule has 29 nitrogen and oxygen atoms in total. The largest absolute Gasteiger partial charge is 0.463 e. The lowest BCUT2D eigenvalue weighted by Crippen LogP contribution is -2.33. The van der Waals surface area contributed by atoms with Gasteiger partial charge in [-0.15, -0.1) is 0 Å². The number of hydroxylamine groups is 1. The first kappa shape index (κ1) is 93.5. The quantitative estimate of drug-likeness (QED) is 0.00433. The molecule has 33 heteroatoms.